The van der Waals surface area contributed by atoms with Gasteiger partial charge in [-0.05, 0) is 26.1 Å². The van der Waals surface area contributed by atoms with Gasteiger partial charge >= 0.3 is 0 Å². The molecular formula is C7H16NO3S-. The Balaban J connectivity index is 3.55. The molecule has 0 spiro atoms. The minimum atomic E-state index is -4.01. The zero-order chi connectivity index (χ0) is 9.61. The molecule has 0 unspecified atom stereocenters. The lowest BCUT2D eigenvalue weighted by atomic mass is 10.4. The highest BCUT2D eigenvalue weighted by Crippen LogP contribution is 1.93. The predicted molar refractivity (Wildman–Crippen MR) is 47.0 cm³/mol. The second-order valence-electron chi connectivity index (χ2n) is 2.64. The third-order valence-electron chi connectivity index (χ3n) is 1.76. The topological polar surface area (TPSA) is 60.4 Å². The van der Waals surface area contributed by atoms with Gasteiger partial charge in [-0.15, -0.1) is 0 Å². The van der Waals surface area contributed by atoms with Crippen LogP contribution in [-0.4, -0.2) is 43.3 Å². The van der Waals surface area contributed by atoms with E-state index in [0.717, 1.165) is 13.1 Å². The molecule has 0 aliphatic rings. The number of rotatable bonds is 6. The van der Waals surface area contributed by atoms with Crippen molar-refractivity contribution in [3.05, 3.63) is 0 Å². The summed E-state index contributed by atoms with van der Waals surface area (Å²) in [5.74, 6) is -0.247. The van der Waals surface area contributed by atoms with Gasteiger partial charge in [0.15, 0.2) is 0 Å². The maximum absolute atomic E-state index is 10.2. The first-order valence-corrected chi connectivity index (χ1v) is 5.73. The zero-order valence-electron chi connectivity index (χ0n) is 7.62. The first-order chi connectivity index (χ1) is 5.49. The molecule has 0 bridgehead atoms. The summed E-state index contributed by atoms with van der Waals surface area (Å²) in [6.07, 6.45) is 0.438. The van der Waals surface area contributed by atoms with Crippen LogP contribution in [0, 0.1) is 0 Å². The van der Waals surface area contributed by atoms with E-state index >= 15 is 0 Å². The molecule has 0 saturated heterocycles. The molecule has 0 saturated carbocycles. The van der Waals surface area contributed by atoms with E-state index in [4.69, 9.17) is 0 Å². The zero-order valence-corrected chi connectivity index (χ0v) is 8.43. The van der Waals surface area contributed by atoms with E-state index in [1.807, 2.05) is 13.8 Å². The minimum Gasteiger partial charge on any atom is -0.748 e. The van der Waals surface area contributed by atoms with Gasteiger partial charge in [-0.25, -0.2) is 8.42 Å². The van der Waals surface area contributed by atoms with Gasteiger partial charge in [0, 0.05) is 5.75 Å². The summed E-state index contributed by atoms with van der Waals surface area (Å²) in [4.78, 5) is 2.09. The molecule has 12 heavy (non-hydrogen) atoms. The molecule has 0 radical (unpaired) electrons. The predicted octanol–water partition coefficient (Wildman–Crippen LogP) is 0.264. The van der Waals surface area contributed by atoms with Crippen molar-refractivity contribution >= 4 is 10.1 Å². The fourth-order valence-electron chi connectivity index (χ4n) is 1.00. The Morgan fingerprint density at radius 2 is 1.75 bits per heavy atom. The maximum Gasteiger partial charge on any atom is 0.0946 e. The van der Waals surface area contributed by atoms with E-state index in [1.165, 1.54) is 0 Å². The molecule has 0 aromatic heterocycles. The summed E-state index contributed by atoms with van der Waals surface area (Å²) in [5.41, 5.74) is 0. The minimum absolute atomic E-state index is 0.247. The lowest BCUT2D eigenvalue weighted by molar-refractivity contribution is 0.303. The van der Waals surface area contributed by atoms with E-state index < -0.39 is 10.1 Å². The van der Waals surface area contributed by atoms with Gasteiger partial charge in [0.25, 0.3) is 0 Å². The van der Waals surface area contributed by atoms with E-state index in [-0.39, 0.29) is 5.75 Å². The summed E-state index contributed by atoms with van der Waals surface area (Å²) in [5, 5.41) is 0. The van der Waals surface area contributed by atoms with Crippen molar-refractivity contribution in [2.75, 3.05) is 25.4 Å². The van der Waals surface area contributed by atoms with Crippen LogP contribution in [0.3, 0.4) is 0 Å². The molecule has 5 heteroatoms. The summed E-state index contributed by atoms with van der Waals surface area (Å²) in [6.45, 7) is 6.50. The Labute approximate surface area is 74.3 Å². The maximum atomic E-state index is 10.2. The Morgan fingerprint density at radius 1 is 1.25 bits per heavy atom. The molecule has 0 N–H and O–H groups in total. The van der Waals surface area contributed by atoms with Crippen molar-refractivity contribution < 1.29 is 13.0 Å². The Kier molecular flexibility index (Phi) is 5.44. The summed E-state index contributed by atoms with van der Waals surface area (Å²) < 4.78 is 30.6. The van der Waals surface area contributed by atoms with Crippen molar-refractivity contribution in [1.82, 2.24) is 4.90 Å². The van der Waals surface area contributed by atoms with Crippen molar-refractivity contribution in [3.63, 3.8) is 0 Å². The van der Waals surface area contributed by atoms with Crippen LogP contribution in [0.25, 0.3) is 0 Å². The second-order valence-corrected chi connectivity index (χ2v) is 4.17. The molecule has 0 aromatic rings. The average Bonchev–Trinajstić information content (AvgIpc) is 1.96. The lowest BCUT2D eigenvalue weighted by Crippen LogP contribution is -2.25. The quantitative estimate of drug-likeness (QED) is 0.569. The second kappa shape index (κ2) is 5.50. The van der Waals surface area contributed by atoms with Gasteiger partial charge in [0.2, 0.25) is 0 Å². The van der Waals surface area contributed by atoms with Crippen LogP contribution < -0.4 is 0 Å². The smallest absolute Gasteiger partial charge is 0.0946 e. The Hall–Kier alpha value is -0.130. The van der Waals surface area contributed by atoms with Crippen LogP contribution in [0.2, 0.25) is 0 Å². The van der Waals surface area contributed by atoms with E-state index in [1.54, 1.807) is 0 Å². The molecular weight excluding hydrogens is 178 g/mol. The fourth-order valence-corrected chi connectivity index (χ4v) is 1.49. The Morgan fingerprint density at radius 3 is 2.08 bits per heavy atom. The summed E-state index contributed by atoms with van der Waals surface area (Å²) in [6, 6.07) is 0. The van der Waals surface area contributed by atoms with Gasteiger partial charge in [-0.1, -0.05) is 13.8 Å². The Bertz CT molecular complexity index is 197. The average molecular weight is 194 g/mol. The van der Waals surface area contributed by atoms with Gasteiger partial charge in [0.1, 0.15) is 0 Å². The molecule has 0 atom stereocenters. The van der Waals surface area contributed by atoms with Crippen molar-refractivity contribution in [2.45, 2.75) is 20.3 Å². The molecule has 0 aliphatic heterocycles. The van der Waals surface area contributed by atoms with Crippen LogP contribution in [0.1, 0.15) is 20.3 Å². The molecule has 0 aromatic carbocycles. The van der Waals surface area contributed by atoms with Crippen molar-refractivity contribution in [3.8, 4) is 0 Å². The summed E-state index contributed by atoms with van der Waals surface area (Å²) >= 11 is 0. The summed E-state index contributed by atoms with van der Waals surface area (Å²) in [7, 11) is -4.01. The molecule has 0 rings (SSSR count). The van der Waals surface area contributed by atoms with E-state index in [9.17, 15) is 13.0 Å². The third kappa shape index (κ3) is 6.57. The molecule has 4 nitrogen and oxygen atoms in total. The highest BCUT2D eigenvalue weighted by molar-refractivity contribution is 7.85. The number of hydrogen-bond acceptors (Lipinski definition) is 4. The largest absolute Gasteiger partial charge is 0.748 e. The van der Waals surface area contributed by atoms with Gasteiger partial charge in [0.05, 0.1) is 10.1 Å². The lowest BCUT2D eigenvalue weighted by Gasteiger charge is -2.17. The van der Waals surface area contributed by atoms with Gasteiger partial charge < -0.3 is 9.45 Å². The van der Waals surface area contributed by atoms with Crippen LogP contribution in [-0.2, 0) is 10.1 Å². The highest BCUT2D eigenvalue weighted by atomic mass is 32.2. The van der Waals surface area contributed by atoms with Crippen molar-refractivity contribution in [2.24, 2.45) is 0 Å². The first kappa shape index (κ1) is 11.9. The highest BCUT2D eigenvalue weighted by Gasteiger charge is 2.00. The first-order valence-electron chi connectivity index (χ1n) is 4.15. The van der Waals surface area contributed by atoms with Crippen LogP contribution in [0.4, 0.5) is 0 Å². The van der Waals surface area contributed by atoms with E-state index in [0.29, 0.717) is 13.0 Å². The van der Waals surface area contributed by atoms with Crippen LogP contribution in [0.15, 0.2) is 0 Å². The molecule has 74 valence electrons. The monoisotopic (exact) mass is 194 g/mol. The SMILES string of the molecule is CCN(CC)CCCS(=O)(=O)[O-]. The number of hydrogen-bond donors (Lipinski definition) is 0. The molecule has 0 amide bonds. The van der Waals surface area contributed by atoms with E-state index in [2.05, 4.69) is 4.90 Å². The van der Waals surface area contributed by atoms with Crippen LogP contribution >= 0.6 is 0 Å². The van der Waals surface area contributed by atoms with Gasteiger partial charge in [-0.3, -0.25) is 0 Å². The fraction of sp³-hybridized carbons (Fsp3) is 1.00. The molecule has 0 aliphatic carbocycles. The normalized spacial score (nSPS) is 12.3. The number of nitrogens with zero attached hydrogens (tertiary/aromatic N) is 1. The molecule has 0 heterocycles. The van der Waals surface area contributed by atoms with Crippen LogP contribution in [0.5, 0.6) is 0 Å². The molecule has 0 fully saturated rings. The standard InChI is InChI=1S/C7H17NO3S/c1-3-8(4-2)6-5-7-12(9,10)11/h3-7H2,1-2H3,(H,9,10,11)/p-1. The van der Waals surface area contributed by atoms with Crippen molar-refractivity contribution in [1.29, 1.82) is 0 Å². The third-order valence-corrected chi connectivity index (χ3v) is 2.55. The van der Waals surface area contributed by atoms with Gasteiger partial charge in [-0.2, -0.15) is 0 Å².